The molecule has 0 aromatic heterocycles. The summed E-state index contributed by atoms with van der Waals surface area (Å²) in [6, 6.07) is 5.32. The van der Waals surface area contributed by atoms with Gasteiger partial charge in [0.2, 0.25) is 5.91 Å². The number of alkyl halides is 3. The Morgan fingerprint density at radius 2 is 1.96 bits per heavy atom. The number of ether oxygens (including phenoxy) is 2. The van der Waals surface area contributed by atoms with E-state index in [0.717, 1.165) is 6.42 Å². The van der Waals surface area contributed by atoms with Crippen molar-refractivity contribution in [2.45, 2.75) is 38.0 Å². The molecule has 2 rings (SSSR count). The number of carbonyl (C=O) groups is 1. The molecular weight excluding hydrogens is 337 g/mol. The minimum absolute atomic E-state index is 0. The zero-order valence-corrected chi connectivity index (χ0v) is 13.0. The zero-order valence-electron chi connectivity index (χ0n) is 12.1. The fourth-order valence-electron chi connectivity index (χ4n) is 2.18. The Labute approximate surface area is 137 Å². The Balaban J connectivity index is 0.00000264. The van der Waals surface area contributed by atoms with Crippen molar-refractivity contribution in [3.05, 3.63) is 29.8 Å². The predicted molar refractivity (Wildman–Crippen MR) is 79.2 cm³/mol. The fraction of sp³-hybridized carbons (Fsp3) is 0.500. The second kappa shape index (κ2) is 8.37. The summed E-state index contributed by atoms with van der Waals surface area (Å²) in [6.07, 6.45) is -3.95. The smallest absolute Gasteiger partial charge is 0.406 e. The Kier molecular flexibility index (Phi) is 7.11. The third-order valence-corrected chi connectivity index (χ3v) is 3.29. The summed E-state index contributed by atoms with van der Waals surface area (Å²) in [5, 5.41) is 2.69. The Bertz CT molecular complexity index is 511. The number of rotatable bonds is 5. The van der Waals surface area contributed by atoms with E-state index in [-0.39, 0.29) is 36.7 Å². The lowest BCUT2D eigenvalue weighted by molar-refractivity contribution is -0.274. The minimum Gasteiger partial charge on any atom is -0.406 e. The molecule has 0 aliphatic carbocycles. The van der Waals surface area contributed by atoms with Crippen molar-refractivity contribution < 1.29 is 27.4 Å². The monoisotopic (exact) mass is 354 g/mol. The third kappa shape index (κ3) is 6.25. The molecule has 0 unspecified atom stereocenters. The number of amides is 1. The van der Waals surface area contributed by atoms with Gasteiger partial charge in [0.25, 0.3) is 0 Å². The van der Waals surface area contributed by atoms with Crippen LogP contribution in [0.15, 0.2) is 24.3 Å². The van der Waals surface area contributed by atoms with Gasteiger partial charge < -0.3 is 20.5 Å². The summed E-state index contributed by atoms with van der Waals surface area (Å²) in [5.74, 6) is -0.543. The van der Waals surface area contributed by atoms with E-state index in [1.54, 1.807) is 0 Å². The molecule has 1 fully saturated rings. The van der Waals surface area contributed by atoms with Crippen molar-refractivity contribution in [1.29, 1.82) is 0 Å². The van der Waals surface area contributed by atoms with Crippen molar-refractivity contribution in [1.82, 2.24) is 5.32 Å². The highest BCUT2D eigenvalue weighted by atomic mass is 35.5. The van der Waals surface area contributed by atoms with Crippen LogP contribution in [0, 0.1) is 0 Å². The fourth-order valence-corrected chi connectivity index (χ4v) is 2.18. The Hall–Kier alpha value is -1.51. The van der Waals surface area contributed by atoms with Gasteiger partial charge in [0.05, 0.1) is 6.10 Å². The third-order valence-electron chi connectivity index (χ3n) is 3.29. The van der Waals surface area contributed by atoms with Crippen LogP contribution in [-0.2, 0) is 16.1 Å². The molecule has 1 heterocycles. The Morgan fingerprint density at radius 3 is 2.48 bits per heavy atom. The molecular formula is C14H18ClF3N2O3. The van der Waals surface area contributed by atoms with Crippen LogP contribution < -0.4 is 15.8 Å². The molecule has 130 valence electrons. The molecule has 3 N–H and O–H groups in total. The highest BCUT2D eigenvalue weighted by Crippen LogP contribution is 2.23. The Morgan fingerprint density at radius 1 is 1.30 bits per heavy atom. The first kappa shape index (κ1) is 19.5. The minimum atomic E-state index is -4.71. The van der Waals surface area contributed by atoms with Gasteiger partial charge in [-0.15, -0.1) is 25.6 Å². The highest BCUT2D eigenvalue weighted by Gasteiger charge is 2.31. The quantitative estimate of drug-likeness (QED) is 0.849. The van der Waals surface area contributed by atoms with Gasteiger partial charge in [-0.1, -0.05) is 12.1 Å². The first-order valence-electron chi connectivity index (χ1n) is 6.85. The number of halogens is 4. The van der Waals surface area contributed by atoms with Crippen molar-refractivity contribution >= 4 is 18.3 Å². The van der Waals surface area contributed by atoms with E-state index >= 15 is 0 Å². The second-order valence-electron chi connectivity index (χ2n) is 4.97. The van der Waals surface area contributed by atoms with Crippen LogP contribution >= 0.6 is 12.4 Å². The van der Waals surface area contributed by atoms with Crippen LogP contribution in [0.4, 0.5) is 13.2 Å². The van der Waals surface area contributed by atoms with E-state index in [1.807, 2.05) is 0 Å². The first-order chi connectivity index (χ1) is 10.4. The van der Waals surface area contributed by atoms with E-state index in [2.05, 4.69) is 10.1 Å². The molecule has 5 nitrogen and oxygen atoms in total. The first-order valence-corrected chi connectivity index (χ1v) is 6.85. The lowest BCUT2D eigenvalue weighted by Crippen LogP contribution is -2.35. The number of benzene rings is 1. The van der Waals surface area contributed by atoms with Gasteiger partial charge in [-0.2, -0.15) is 0 Å². The largest absolute Gasteiger partial charge is 0.573 e. The van der Waals surface area contributed by atoms with Crippen LogP contribution in [-0.4, -0.2) is 31.0 Å². The molecule has 0 bridgehead atoms. The normalized spacial score (nSPS) is 20.7. The van der Waals surface area contributed by atoms with Gasteiger partial charge in [-0.05, 0) is 30.5 Å². The van der Waals surface area contributed by atoms with Crippen LogP contribution in [0.3, 0.4) is 0 Å². The van der Waals surface area contributed by atoms with Crippen LogP contribution in [0.1, 0.15) is 18.4 Å². The SMILES string of the molecule is Cl.NC[C@H]1CC[C@@H](C(=O)NCc2ccc(OC(F)(F)F)cc2)O1. The summed E-state index contributed by atoms with van der Waals surface area (Å²) in [6.45, 7) is 0.586. The van der Waals surface area contributed by atoms with Gasteiger partial charge in [0.15, 0.2) is 0 Å². The summed E-state index contributed by atoms with van der Waals surface area (Å²) in [5.41, 5.74) is 6.13. The molecule has 1 aromatic carbocycles. The van der Waals surface area contributed by atoms with Gasteiger partial charge in [-0.3, -0.25) is 4.79 Å². The molecule has 0 spiro atoms. The maximum absolute atomic E-state index is 12.0. The van der Waals surface area contributed by atoms with Crippen molar-refractivity contribution in [3.8, 4) is 5.75 Å². The van der Waals surface area contributed by atoms with Gasteiger partial charge in [-0.25, -0.2) is 0 Å². The van der Waals surface area contributed by atoms with Gasteiger partial charge >= 0.3 is 6.36 Å². The molecule has 1 aliphatic heterocycles. The predicted octanol–water partition coefficient (Wildman–Crippen LogP) is 2.13. The van der Waals surface area contributed by atoms with Crippen molar-refractivity contribution in [3.63, 3.8) is 0 Å². The molecule has 0 saturated carbocycles. The zero-order chi connectivity index (χ0) is 16.2. The molecule has 23 heavy (non-hydrogen) atoms. The highest BCUT2D eigenvalue weighted by molar-refractivity contribution is 5.85. The molecule has 1 amide bonds. The van der Waals surface area contributed by atoms with E-state index in [9.17, 15) is 18.0 Å². The number of hydrogen-bond acceptors (Lipinski definition) is 4. The standard InChI is InChI=1S/C14H17F3N2O3.ClH/c15-14(16,17)22-10-3-1-9(2-4-10)8-19-13(20)12-6-5-11(7-18)21-12;/h1-4,11-12H,5-8,18H2,(H,19,20);1H/t11-,12+;/m1./s1. The maximum atomic E-state index is 12.0. The van der Waals surface area contributed by atoms with E-state index in [4.69, 9.17) is 10.5 Å². The lowest BCUT2D eigenvalue weighted by Gasteiger charge is -2.13. The van der Waals surface area contributed by atoms with Crippen molar-refractivity contribution in [2.24, 2.45) is 5.73 Å². The topological polar surface area (TPSA) is 73.6 Å². The lowest BCUT2D eigenvalue weighted by atomic mass is 10.1. The van der Waals surface area contributed by atoms with E-state index in [1.165, 1.54) is 24.3 Å². The van der Waals surface area contributed by atoms with Crippen molar-refractivity contribution in [2.75, 3.05) is 6.54 Å². The van der Waals surface area contributed by atoms with Gasteiger partial charge in [0, 0.05) is 13.1 Å². The van der Waals surface area contributed by atoms with Crippen LogP contribution in [0.25, 0.3) is 0 Å². The van der Waals surface area contributed by atoms with E-state index in [0.29, 0.717) is 18.5 Å². The number of nitrogens with one attached hydrogen (secondary N) is 1. The average Bonchev–Trinajstić information content (AvgIpc) is 2.93. The average molecular weight is 355 g/mol. The number of carbonyl (C=O) groups excluding carboxylic acids is 1. The molecule has 1 aliphatic rings. The second-order valence-corrected chi connectivity index (χ2v) is 4.97. The summed E-state index contributed by atoms with van der Waals surface area (Å²) in [4.78, 5) is 11.9. The molecule has 1 aromatic rings. The molecule has 2 atom stereocenters. The molecule has 1 saturated heterocycles. The van der Waals surface area contributed by atoms with Crippen LogP contribution in [0.5, 0.6) is 5.75 Å². The van der Waals surface area contributed by atoms with Crippen LogP contribution in [0.2, 0.25) is 0 Å². The number of nitrogens with two attached hydrogens (primary N) is 1. The summed E-state index contributed by atoms with van der Waals surface area (Å²) in [7, 11) is 0. The van der Waals surface area contributed by atoms with E-state index < -0.39 is 12.5 Å². The van der Waals surface area contributed by atoms with Gasteiger partial charge in [0.1, 0.15) is 11.9 Å². The summed E-state index contributed by atoms with van der Waals surface area (Å²) >= 11 is 0. The summed E-state index contributed by atoms with van der Waals surface area (Å²) < 4.78 is 45.3. The number of hydrogen-bond donors (Lipinski definition) is 2. The molecule has 9 heteroatoms. The molecule has 0 radical (unpaired) electrons. The maximum Gasteiger partial charge on any atom is 0.573 e.